The second kappa shape index (κ2) is 9.85. The van der Waals surface area contributed by atoms with Crippen LogP contribution in [0.25, 0.3) is 11.4 Å². The highest BCUT2D eigenvalue weighted by Crippen LogP contribution is 2.27. The minimum atomic E-state index is -0.408. The topological polar surface area (TPSA) is 123 Å². The number of nitrogens with zero attached hydrogens (tertiary/aromatic N) is 5. The molecule has 3 aromatic heterocycles. The van der Waals surface area contributed by atoms with Gasteiger partial charge in [0.05, 0.1) is 12.2 Å². The molecule has 35 heavy (non-hydrogen) atoms. The van der Waals surface area contributed by atoms with Crippen LogP contribution in [0.15, 0.2) is 53.4 Å². The zero-order valence-corrected chi connectivity index (χ0v) is 20.1. The number of carbonyl (C=O) groups excluding carboxylic acids is 1. The molecule has 0 bridgehead atoms. The summed E-state index contributed by atoms with van der Waals surface area (Å²) in [6, 6.07) is 9.16. The summed E-state index contributed by atoms with van der Waals surface area (Å²) < 4.78 is 7.24. The second-order valence-corrected chi connectivity index (χ2v) is 8.87. The van der Waals surface area contributed by atoms with Gasteiger partial charge in [-0.15, -0.1) is 0 Å². The number of amides is 1. The lowest BCUT2D eigenvalue weighted by Crippen LogP contribution is -2.41. The maximum absolute atomic E-state index is 13.1. The van der Waals surface area contributed by atoms with E-state index in [1.54, 1.807) is 17.1 Å². The van der Waals surface area contributed by atoms with Crippen LogP contribution in [0.4, 0.5) is 11.8 Å². The van der Waals surface area contributed by atoms with Crippen LogP contribution in [0.2, 0.25) is 5.02 Å². The van der Waals surface area contributed by atoms with Crippen molar-refractivity contribution in [2.45, 2.75) is 31.8 Å². The Labute approximate surface area is 207 Å². The molecular weight excluding hydrogens is 468 g/mol. The average Bonchev–Trinajstić information content (AvgIpc) is 3.62. The Balaban J connectivity index is 1.37. The van der Waals surface area contributed by atoms with Crippen molar-refractivity contribution in [1.29, 1.82) is 0 Å². The van der Waals surface area contributed by atoms with Gasteiger partial charge in [-0.05, 0) is 49.6 Å². The fourth-order valence-electron chi connectivity index (χ4n) is 4.17. The van der Waals surface area contributed by atoms with E-state index in [1.165, 1.54) is 6.26 Å². The summed E-state index contributed by atoms with van der Waals surface area (Å²) in [6.07, 6.45) is 6.79. The van der Waals surface area contributed by atoms with Crippen LogP contribution >= 0.6 is 11.6 Å². The van der Waals surface area contributed by atoms with Gasteiger partial charge < -0.3 is 20.4 Å². The standard InChI is InChI=1S/C24H25ClN8O2/c1-14-12-27-24(30-19-8-10-28-33(19)2)32-20(14)18-13-35-23(29-18)22(34)31-21(17-7-4-9-26-17)15-5-3-6-16(25)11-15/h3,5-6,8,10-13,17,21,26H,4,7,9H2,1-2H3,(H,31,34)(H,27,30,32)/t17-,21?/m0/s1. The van der Waals surface area contributed by atoms with Crippen LogP contribution in [0.5, 0.6) is 0 Å². The van der Waals surface area contributed by atoms with Crippen molar-refractivity contribution in [2.75, 3.05) is 11.9 Å². The Kier molecular flexibility index (Phi) is 6.47. The average molecular weight is 493 g/mol. The summed E-state index contributed by atoms with van der Waals surface area (Å²) in [5.41, 5.74) is 2.74. The lowest BCUT2D eigenvalue weighted by Gasteiger charge is -2.25. The summed E-state index contributed by atoms with van der Waals surface area (Å²) in [7, 11) is 1.82. The van der Waals surface area contributed by atoms with Crippen LogP contribution in [0, 0.1) is 6.92 Å². The van der Waals surface area contributed by atoms with Gasteiger partial charge in [0, 0.05) is 30.4 Å². The van der Waals surface area contributed by atoms with E-state index < -0.39 is 5.91 Å². The summed E-state index contributed by atoms with van der Waals surface area (Å²) >= 11 is 6.22. The van der Waals surface area contributed by atoms with Crippen molar-refractivity contribution in [1.82, 2.24) is 35.4 Å². The highest BCUT2D eigenvalue weighted by Gasteiger charge is 2.29. The van der Waals surface area contributed by atoms with E-state index >= 15 is 0 Å². The van der Waals surface area contributed by atoms with Gasteiger partial charge in [-0.2, -0.15) is 5.10 Å². The molecule has 1 saturated heterocycles. The van der Waals surface area contributed by atoms with Gasteiger partial charge in [0.1, 0.15) is 23.5 Å². The number of anilines is 2. The number of nitrogens with one attached hydrogen (secondary N) is 3. The number of rotatable bonds is 7. The molecule has 10 nitrogen and oxygen atoms in total. The minimum Gasteiger partial charge on any atom is -0.440 e. The lowest BCUT2D eigenvalue weighted by atomic mass is 9.98. The van der Waals surface area contributed by atoms with Crippen LogP contribution < -0.4 is 16.0 Å². The van der Waals surface area contributed by atoms with E-state index in [9.17, 15) is 4.79 Å². The Morgan fingerprint density at radius 1 is 1.31 bits per heavy atom. The molecular formula is C24H25ClN8O2. The first-order valence-corrected chi connectivity index (χ1v) is 11.7. The molecule has 0 aliphatic carbocycles. The second-order valence-electron chi connectivity index (χ2n) is 8.44. The number of hydrogen-bond donors (Lipinski definition) is 3. The van der Waals surface area contributed by atoms with Crippen molar-refractivity contribution < 1.29 is 9.21 Å². The Morgan fingerprint density at radius 2 is 2.20 bits per heavy atom. The minimum absolute atomic E-state index is 0.0378. The van der Waals surface area contributed by atoms with Crippen molar-refractivity contribution in [2.24, 2.45) is 7.05 Å². The SMILES string of the molecule is Cc1cnc(Nc2ccnn2C)nc1-c1coc(C(=O)NC(c2cccc(Cl)c2)[C@@H]2CCCN2)n1. The monoisotopic (exact) mass is 492 g/mol. The Bertz CT molecular complexity index is 1340. The number of halogens is 1. The van der Waals surface area contributed by atoms with E-state index in [-0.39, 0.29) is 18.0 Å². The fourth-order valence-corrected chi connectivity index (χ4v) is 4.37. The number of oxazole rings is 1. The highest BCUT2D eigenvalue weighted by atomic mass is 35.5. The molecule has 1 aliphatic rings. The van der Waals surface area contributed by atoms with Crippen LogP contribution in [0.1, 0.15) is 40.7 Å². The van der Waals surface area contributed by atoms with Gasteiger partial charge in [-0.3, -0.25) is 9.48 Å². The molecule has 4 aromatic rings. The molecule has 1 fully saturated rings. The third-order valence-corrected chi connectivity index (χ3v) is 6.20. The largest absolute Gasteiger partial charge is 0.440 e. The van der Waals surface area contributed by atoms with Crippen LogP contribution in [-0.2, 0) is 7.05 Å². The smallest absolute Gasteiger partial charge is 0.307 e. The third-order valence-electron chi connectivity index (χ3n) is 5.97. The molecule has 0 saturated carbocycles. The third kappa shape index (κ3) is 5.03. The first kappa shape index (κ1) is 23.0. The zero-order chi connectivity index (χ0) is 24.4. The summed E-state index contributed by atoms with van der Waals surface area (Å²) in [4.78, 5) is 26.5. The first-order valence-electron chi connectivity index (χ1n) is 11.3. The van der Waals surface area contributed by atoms with Gasteiger partial charge in [0.2, 0.25) is 5.95 Å². The number of hydrogen-bond acceptors (Lipinski definition) is 8. The van der Waals surface area contributed by atoms with Gasteiger partial charge in [0.25, 0.3) is 5.89 Å². The maximum Gasteiger partial charge on any atom is 0.307 e. The molecule has 4 heterocycles. The lowest BCUT2D eigenvalue weighted by molar-refractivity contribution is 0.0893. The Morgan fingerprint density at radius 3 is 2.94 bits per heavy atom. The molecule has 3 N–H and O–H groups in total. The van der Waals surface area contributed by atoms with E-state index in [2.05, 4.69) is 36.0 Å². The first-order chi connectivity index (χ1) is 17.0. The van der Waals surface area contributed by atoms with Gasteiger partial charge in [-0.25, -0.2) is 15.0 Å². The normalized spacial score (nSPS) is 16.3. The summed E-state index contributed by atoms with van der Waals surface area (Å²) in [5.74, 6) is 0.684. The number of benzene rings is 1. The molecule has 0 spiro atoms. The van der Waals surface area contributed by atoms with Gasteiger partial charge >= 0.3 is 5.91 Å². The molecule has 180 valence electrons. The van der Waals surface area contributed by atoms with Crippen molar-refractivity contribution in [3.63, 3.8) is 0 Å². The zero-order valence-electron chi connectivity index (χ0n) is 19.3. The fraction of sp³-hybridized carbons (Fsp3) is 0.292. The van der Waals surface area contributed by atoms with Crippen LogP contribution in [0.3, 0.4) is 0 Å². The molecule has 1 unspecified atom stereocenters. The molecule has 1 aliphatic heterocycles. The molecule has 11 heteroatoms. The van der Waals surface area contributed by atoms with E-state index in [0.717, 1.165) is 36.3 Å². The van der Waals surface area contributed by atoms with Gasteiger partial charge in [0.15, 0.2) is 0 Å². The quantitative estimate of drug-likeness (QED) is 0.356. The molecule has 1 aromatic carbocycles. The van der Waals surface area contributed by atoms with Crippen molar-refractivity contribution >= 4 is 29.3 Å². The maximum atomic E-state index is 13.1. The predicted octanol–water partition coefficient (Wildman–Crippen LogP) is 3.79. The number of aromatic nitrogens is 5. The van der Waals surface area contributed by atoms with Gasteiger partial charge in [-0.1, -0.05) is 23.7 Å². The summed E-state index contributed by atoms with van der Waals surface area (Å²) in [6.45, 7) is 2.78. The summed E-state index contributed by atoms with van der Waals surface area (Å²) in [5, 5.41) is 14.4. The Hall–Kier alpha value is -3.76. The van der Waals surface area contributed by atoms with Crippen LogP contribution in [-0.4, -0.2) is 43.2 Å². The highest BCUT2D eigenvalue weighted by molar-refractivity contribution is 6.30. The van der Waals surface area contributed by atoms with Crippen molar-refractivity contribution in [3.05, 3.63) is 71.0 Å². The number of carbonyl (C=O) groups is 1. The van der Waals surface area contributed by atoms with E-state index in [4.69, 9.17) is 16.0 Å². The van der Waals surface area contributed by atoms with E-state index in [1.807, 2.05) is 44.3 Å². The van der Waals surface area contributed by atoms with Crippen molar-refractivity contribution in [3.8, 4) is 11.4 Å². The number of aryl methyl sites for hydroxylation is 2. The molecule has 0 radical (unpaired) electrons. The molecule has 5 rings (SSSR count). The predicted molar refractivity (Wildman–Crippen MR) is 131 cm³/mol. The molecule has 2 atom stereocenters. The molecule has 1 amide bonds. The van der Waals surface area contributed by atoms with E-state index in [0.29, 0.717) is 22.4 Å².